The minimum Gasteiger partial charge on any atom is -0.285 e. The summed E-state index contributed by atoms with van der Waals surface area (Å²) in [5.41, 5.74) is 0.977. The molecule has 20 heavy (non-hydrogen) atoms. The van der Waals surface area contributed by atoms with Gasteiger partial charge in [-0.15, -0.1) is 0 Å². The fraction of sp³-hybridized carbons (Fsp3) is 0.947. The second-order valence-corrected chi connectivity index (χ2v) is 7.06. The highest BCUT2D eigenvalue weighted by atomic mass is 15.2. The minimum absolute atomic E-state index is 0.391. The summed E-state index contributed by atoms with van der Waals surface area (Å²) in [5, 5.41) is 0. The maximum absolute atomic E-state index is 3.78. The summed E-state index contributed by atoms with van der Waals surface area (Å²) >= 11 is 0. The first-order chi connectivity index (χ1) is 9.69. The van der Waals surface area contributed by atoms with Crippen LogP contribution in [0.2, 0.25) is 0 Å². The summed E-state index contributed by atoms with van der Waals surface area (Å²) in [4.78, 5) is 2.74. The fourth-order valence-electron chi connectivity index (χ4n) is 5.53. The van der Waals surface area contributed by atoms with Crippen LogP contribution in [0, 0.1) is 12.0 Å². The summed E-state index contributed by atoms with van der Waals surface area (Å²) < 4.78 is 0. The Bertz CT molecular complexity index is 286. The highest BCUT2D eigenvalue weighted by Gasteiger charge is 2.56. The highest BCUT2D eigenvalue weighted by Crippen LogP contribution is 2.58. The lowest BCUT2D eigenvalue weighted by Crippen LogP contribution is -2.65. The van der Waals surface area contributed by atoms with Gasteiger partial charge in [-0.2, -0.15) is 0 Å². The first kappa shape index (κ1) is 16.3. The predicted octanol–water partition coefficient (Wildman–Crippen LogP) is 5.82. The number of likely N-dealkylation sites (tertiary alicyclic amines) is 1. The molecule has 0 bridgehead atoms. The van der Waals surface area contributed by atoms with Gasteiger partial charge in [0.25, 0.3) is 0 Å². The third-order valence-corrected chi connectivity index (χ3v) is 6.55. The van der Waals surface area contributed by atoms with Gasteiger partial charge >= 0.3 is 0 Å². The molecule has 2 fully saturated rings. The van der Waals surface area contributed by atoms with Gasteiger partial charge in [-0.05, 0) is 56.8 Å². The zero-order chi connectivity index (χ0) is 14.6. The van der Waals surface area contributed by atoms with Gasteiger partial charge in [0.1, 0.15) is 0 Å². The number of hydrogen-bond acceptors (Lipinski definition) is 1. The monoisotopic (exact) mass is 277 g/mol. The highest BCUT2D eigenvalue weighted by molar-refractivity contribution is 5.11. The fourth-order valence-corrected chi connectivity index (χ4v) is 5.53. The lowest BCUT2D eigenvalue weighted by Gasteiger charge is -2.63. The van der Waals surface area contributed by atoms with Crippen molar-refractivity contribution < 1.29 is 0 Å². The van der Waals surface area contributed by atoms with Crippen LogP contribution in [-0.4, -0.2) is 16.5 Å². The van der Waals surface area contributed by atoms with Gasteiger partial charge in [0.2, 0.25) is 0 Å². The Balaban J connectivity index is 2.37. The molecule has 0 amide bonds. The summed E-state index contributed by atoms with van der Waals surface area (Å²) in [5.74, 6) is 0. The van der Waals surface area contributed by atoms with Gasteiger partial charge in [0, 0.05) is 11.6 Å². The second kappa shape index (κ2) is 6.81. The van der Waals surface area contributed by atoms with E-state index in [0.717, 1.165) is 12.5 Å². The molecular weight excluding hydrogens is 242 g/mol. The second-order valence-electron chi connectivity index (χ2n) is 7.06. The molecule has 1 saturated carbocycles. The van der Waals surface area contributed by atoms with Gasteiger partial charge in [-0.3, -0.25) is 4.90 Å². The molecule has 1 unspecified atom stereocenters. The molecule has 2 radical (unpaired) electrons. The third-order valence-electron chi connectivity index (χ3n) is 6.55. The van der Waals surface area contributed by atoms with Crippen molar-refractivity contribution in [3.05, 3.63) is 6.54 Å². The Morgan fingerprint density at radius 2 is 1.60 bits per heavy atom. The van der Waals surface area contributed by atoms with Crippen molar-refractivity contribution in [2.24, 2.45) is 5.41 Å². The van der Waals surface area contributed by atoms with Crippen LogP contribution in [0.4, 0.5) is 0 Å². The molecule has 1 aliphatic carbocycles. The van der Waals surface area contributed by atoms with Crippen molar-refractivity contribution in [1.29, 1.82) is 0 Å². The maximum Gasteiger partial charge on any atom is 0.0620 e. The Labute approximate surface area is 127 Å². The first-order valence-electron chi connectivity index (χ1n) is 9.22. The average molecular weight is 277 g/mol. The zero-order valence-corrected chi connectivity index (χ0v) is 14.3. The smallest absolute Gasteiger partial charge is 0.0620 e. The van der Waals surface area contributed by atoms with Crippen LogP contribution < -0.4 is 0 Å². The Morgan fingerprint density at radius 1 is 0.950 bits per heavy atom. The van der Waals surface area contributed by atoms with Gasteiger partial charge in [-0.1, -0.05) is 47.0 Å². The van der Waals surface area contributed by atoms with Crippen LogP contribution in [-0.2, 0) is 0 Å². The van der Waals surface area contributed by atoms with E-state index in [4.69, 9.17) is 0 Å². The minimum atomic E-state index is 0.391. The van der Waals surface area contributed by atoms with Crippen LogP contribution in [0.1, 0.15) is 98.3 Å². The van der Waals surface area contributed by atoms with E-state index >= 15 is 0 Å². The SMILES string of the molecule is CC[C]N1C(CC)CCC2(CCCCC2)C1(CC)CC. The number of rotatable bonds is 5. The molecule has 2 aliphatic rings. The Morgan fingerprint density at radius 3 is 2.10 bits per heavy atom. The average Bonchev–Trinajstić information content (AvgIpc) is 2.50. The van der Waals surface area contributed by atoms with E-state index in [1.54, 1.807) is 0 Å². The van der Waals surface area contributed by atoms with Crippen molar-refractivity contribution >= 4 is 0 Å². The Hall–Kier alpha value is -0.0400. The number of hydrogen-bond donors (Lipinski definition) is 0. The first-order valence-corrected chi connectivity index (χ1v) is 9.22. The summed E-state index contributed by atoms with van der Waals surface area (Å²) in [6.07, 6.45) is 15.1. The summed E-state index contributed by atoms with van der Waals surface area (Å²) in [6, 6.07) is 0.738. The number of piperidine rings is 1. The van der Waals surface area contributed by atoms with Crippen molar-refractivity contribution in [3.8, 4) is 0 Å². The van der Waals surface area contributed by atoms with Crippen LogP contribution in [0.15, 0.2) is 0 Å². The predicted molar refractivity (Wildman–Crippen MR) is 87.5 cm³/mol. The van der Waals surface area contributed by atoms with E-state index in [0.29, 0.717) is 11.0 Å². The summed E-state index contributed by atoms with van der Waals surface area (Å²) in [7, 11) is 0. The van der Waals surface area contributed by atoms with E-state index in [-0.39, 0.29) is 0 Å². The van der Waals surface area contributed by atoms with Crippen LogP contribution >= 0.6 is 0 Å². The van der Waals surface area contributed by atoms with E-state index < -0.39 is 0 Å². The van der Waals surface area contributed by atoms with Crippen LogP contribution in [0.5, 0.6) is 0 Å². The van der Waals surface area contributed by atoms with E-state index in [1.807, 2.05) is 0 Å². The molecule has 116 valence electrons. The molecule has 0 N–H and O–H groups in total. The van der Waals surface area contributed by atoms with Gasteiger partial charge in [-0.25, -0.2) is 0 Å². The molecule has 1 aliphatic heterocycles. The van der Waals surface area contributed by atoms with E-state index in [2.05, 4.69) is 39.1 Å². The van der Waals surface area contributed by atoms with E-state index in [1.165, 1.54) is 64.2 Å². The standard InChI is InChI=1S/C19H35N/c1-5-16-20-17(6-2)12-15-18(13-10-9-11-14-18)19(20,7-3)8-4/h17H,5-15H2,1-4H3. The third kappa shape index (κ3) is 2.45. The van der Waals surface area contributed by atoms with Crippen molar-refractivity contribution in [2.45, 2.75) is 110 Å². The molecule has 1 spiro atoms. The summed E-state index contributed by atoms with van der Waals surface area (Å²) in [6.45, 7) is 13.3. The zero-order valence-electron chi connectivity index (χ0n) is 14.3. The van der Waals surface area contributed by atoms with Crippen LogP contribution in [0.3, 0.4) is 0 Å². The molecule has 0 aromatic rings. The lowest BCUT2D eigenvalue weighted by atomic mass is 9.54. The number of nitrogens with zero attached hydrogens (tertiary/aromatic N) is 1. The topological polar surface area (TPSA) is 3.24 Å². The molecule has 1 saturated heterocycles. The molecule has 1 heterocycles. The van der Waals surface area contributed by atoms with Gasteiger partial charge in [0.15, 0.2) is 0 Å². The normalized spacial score (nSPS) is 29.7. The van der Waals surface area contributed by atoms with E-state index in [9.17, 15) is 0 Å². The largest absolute Gasteiger partial charge is 0.285 e. The molecule has 1 nitrogen and oxygen atoms in total. The van der Waals surface area contributed by atoms with Crippen molar-refractivity contribution in [1.82, 2.24) is 4.90 Å². The maximum atomic E-state index is 3.78. The molecule has 0 aromatic heterocycles. The van der Waals surface area contributed by atoms with Gasteiger partial charge in [0.05, 0.1) is 6.54 Å². The van der Waals surface area contributed by atoms with Crippen molar-refractivity contribution in [3.63, 3.8) is 0 Å². The molecule has 1 atom stereocenters. The molecule has 0 aromatic carbocycles. The van der Waals surface area contributed by atoms with Crippen LogP contribution in [0.25, 0.3) is 0 Å². The van der Waals surface area contributed by atoms with Crippen molar-refractivity contribution in [2.75, 3.05) is 0 Å². The molecule has 1 heteroatoms. The van der Waals surface area contributed by atoms with Gasteiger partial charge < -0.3 is 0 Å². The quantitative estimate of drug-likeness (QED) is 0.612. The Kier molecular flexibility index (Phi) is 5.56. The molecule has 2 rings (SSSR count). The lowest BCUT2D eigenvalue weighted by molar-refractivity contribution is -0.114. The molecular formula is C19H35N.